The molecule has 9 nitrogen and oxygen atoms in total. The van der Waals surface area contributed by atoms with Crippen molar-refractivity contribution in [2.24, 2.45) is 0 Å². The average Bonchev–Trinajstić information content (AvgIpc) is 2.88. The summed E-state index contributed by atoms with van der Waals surface area (Å²) in [6.45, 7) is 0.556. The molecule has 1 aliphatic rings. The zero-order valence-corrected chi connectivity index (χ0v) is 10.6. The van der Waals surface area contributed by atoms with Gasteiger partial charge in [0, 0.05) is 19.3 Å². The lowest BCUT2D eigenvalue weighted by Gasteiger charge is -2.41. The van der Waals surface area contributed by atoms with Gasteiger partial charge in [0.05, 0.1) is 7.54 Å². The monoisotopic (exact) mass is 290 g/mol. The van der Waals surface area contributed by atoms with Gasteiger partial charge in [-0.15, -0.1) is 5.10 Å². The van der Waals surface area contributed by atoms with E-state index in [1.54, 1.807) is 0 Å². The Labute approximate surface area is 116 Å². The molecule has 114 valence electrons. The SMILES string of the molecule is [2H]c1cn(CCCOC2C(O)C(O)C(O)C(O)C2O)nn1. The molecular formula is C11H19N3O6. The van der Waals surface area contributed by atoms with E-state index < -0.39 is 36.6 Å². The van der Waals surface area contributed by atoms with Crippen LogP contribution in [0.25, 0.3) is 0 Å². The van der Waals surface area contributed by atoms with Crippen molar-refractivity contribution in [2.45, 2.75) is 49.6 Å². The molecule has 0 saturated heterocycles. The Kier molecular flexibility index (Phi) is 4.55. The van der Waals surface area contributed by atoms with Gasteiger partial charge in [0.2, 0.25) is 0 Å². The normalized spacial score (nSPS) is 38.8. The molecule has 0 amide bonds. The molecule has 0 aromatic carbocycles. The summed E-state index contributed by atoms with van der Waals surface area (Å²) in [6.07, 6.45) is -7.03. The summed E-state index contributed by atoms with van der Waals surface area (Å²) in [5.41, 5.74) is 0. The van der Waals surface area contributed by atoms with Crippen LogP contribution in [0.3, 0.4) is 0 Å². The van der Waals surface area contributed by atoms with Crippen molar-refractivity contribution in [3.63, 3.8) is 0 Å². The molecule has 5 N–H and O–H groups in total. The lowest BCUT2D eigenvalue weighted by Crippen LogP contribution is -2.64. The second-order valence-electron chi connectivity index (χ2n) is 4.75. The molecule has 1 fully saturated rings. The predicted molar refractivity (Wildman–Crippen MR) is 64.4 cm³/mol. The van der Waals surface area contributed by atoms with Crippen LogP contribution in [0.2, 0.25) is 0 Å². The highest BCUT2D eigenvalue weighted by atomic mass is 16.5. The molecule has 1 saturated carbocycles. The Balaban J connectivity index is 1.81. The lowest BCUT2D eigenvalue weighted by atomic mass is 9.85. The van der Waals surface area contributed by atoms with Gasteiger partial charge in [0.1, 0.15) is 36.6 Å². The third-order valence-corrected chi connectivity index (χ3v) is 3.34. The molecule has 1 aliphatic carbocycles. The number of aromatic nitrogens is 3. The van der Waals surface area contributed by atoms with Crippen LogP contribution in [-0.2, 0) is 11.3 Å². The molecule has 9 heteroatoms. The summed E-state index contributed by atoms with van der Waals surface area (Å²) >= 11 is 0. The van der Waals surface area contributed by atoms with Crippen molar-refractivity contribution in [2.75, 3.05) is 6.61 Å². The van der Waals surface area contributed by atoms with Crippen LogP contribution in [0.1, 0.15) is 7.79 Å². The molecule has 0 radical (unpaired) electrons. The lowest BCUT2D eigenvalue weighted by molar-refractivity contribution is -0.235. The Hall–Kier alpha value is -1.10. The minimum absolute atomic E-state index is 0.0503. The maximum Gasteiger partial charge on any atom is 0.114 e. The van der Waals surface area contributed by atoms with E-state index in [-0.39, 0.29) is 12.8 Å². The van der Waals surface area contributed by atoms with E-state index in [0.29, 0.717) is 13.0 Å². The maximum atomic E-state index is 9.76. The minimum Gasteiger partial charge on any atom is -0.387 e. The summed E-state index contributed by atoms with van der Waals surface area (Å²) in [5, 5.41) is 55.2. The van der Waals surface area contributed by atoms with Crippen LogP contribution in [0.4, 0.5) is 0 Å². The molecule has 1 aromatic heterocycles. The van der Waals surface area contributed by atoms with E-state index in [1.807, 2.05) is 0 Å². The van der Waals surface area contributed by atoms with Crippen LogP contribution in [-0.4, -0.2) is 83.8 Å². The summed E-state index contributed by atoms with van der Waals surface area (Å²) in [7, 11) is 0. The van der Waals surface area contributed by atoms with Gasteiger partial charge in [0.25, 0.3) is 0 Å². The molecular weight excluding hydrogens is 270 g/mol. The van der Waals surface area contributed by atoms with E-state index in [2.05, 4.69) is 10.3 Å². The Morgan fingerprint density at radius 1 is 1.05 bits per heavy atom. The fraction of sp³-hybridized carbons (Fsp3) is 0.818. The Bertz CT molecular complexity index is 445. The standard InChI is InChI=1S/C11H19N3O6/c15-6-7(16)9(18)11(10(19)8(6)17)20-5-1-3-14-4-2-12-13-14/h2,4,6-11,15-19H,1,3,5H2/i2D. The van der Waals surface area contributed by atoms with Crippen LogP contribution < -0.4 is 0 Å². The van der Waals surface area contributed by atoms with Crippen LogP contribution in [0.15, 0.2) is 12.4 Å². The first-order valence-electron chi connectivity index (χ1n) is 6.80. The van der Waals surface area contributed by atoms with Crippen molar-refractivity contribution in [1.82, 2.24) is 15.0 Å². The second kappa shape index (κ2) is 6.57. The van der Waals surface area contributed by atoms with Gasteiger partial charge in [-0.2, -0.15) is 0 Å². The number of aliphatic hydroxyl groups excluding tert-OH is 5. The fourth-order valence-electron chi connectivity index (χ4n) is 2.15. The van der Waals surface area contributed by atoms with E-state index in [4.69, 9.17) is 6.11 Å². The highest BCUT2D eigenvalue weighted by Crippen LogP contribution is 2.23. The molecule has 0 spiro atoms. The minimum atomic E-state index is -1.62. The summed E-state index contributed by atoms with van der Waals surface area (Å²) in [5.74, 6) is 0. The first-order valence-corrected chi connectivity index (χ1v) is 6.30. The van der Waals surface area contributed by atoms with Crippen LogP contribution in [0.5, 0.6) is 0 Å². The third kappa shape index (κ3) is 3.14. The Morgan fingerprint density at radius 3 is 2.20 bits per heavy atom. The van der Waals surface area contributed by atoms with Gasteiger partial charge >= 0.3 is 0 Å². The van der Waals surface area contributed by atoms with Gasteiger partial charge in [0.15, 0.2) is 0 Å². The van der Waals surface area contributed by atoms with Gasteiger partial charge in [-0.1, -0.05) is 5.21 Å². The number of rotatable bonds is 5. The quantitative estimate of drug-likeness (QED) is 0.358. The number of nitrogens with zero attached hydrogens (tertiary/aromatic N) is 3. The summed E-state index contributed by atoms with van der Waals surface area (Å²) in [6, 6.07) is 0. The van der Waals surface area contributed by atoms with E-state index in [1.165, 1.54) is 10.9 Å². The van der Waals surface area contributed by atoms with Gasteiger partial charge in [-0.3, -0.25) is 4.68 Å². The fourth-order valence-corrected chi connectivity index (χ4v) is 2.15. The molecule has 4 unspecified atom stereocenters. The first kappa shape index (κ1) is 13.9. The number of hydrogen-bond acceptors (Lipinski definition) is 8. The molecule has 20 heavy (non-hydrogen) atoms. The number of hydrogen-bond donors (Lipinski definition) is 5. The molecule has 0 aliphatic heterocycles. The molecule has 1 aromatic rings. The zero-order valence-electron chi connectivity index (χ0n) is 11.6. The van der Waals surface area contributed by atoms with Gasteiger partial charge in [-0.05, 0) is 6.42 Å². The largest absolute Gasteiger partial charge is 0.387 e. The van der Waals surface area contributed by atoms with E-state index in [0.717, 1.165) is 0 Å². The van der Waals surface area contributed by atoms with E-state index >= 15 is 0 Å². The third-order valence-electron chi connectivity index (χ3n) is 3.34. The van der Waals surface area contributed by atoms with Gasteiger partial charge < -0.3 is 30.3 Å². The Morgan fingerprint density at radius 2 is 1.65 bits per heavy atom. The summed E-state index contributed by atoms with van der Waals surface area (Å²) in [4.78, 5) is 0. The number of aliphatic hydroxyl groups is 5. The number of aryl methyl sites for hydroxylation is 1. The summed E-state index contributed by atoms with van der Waals surface area (Å²) < 4.78 is 13.9. The zero-order chi connectivity index (χ0) is 15.6. The highest BCUT2D eigenvalue weighted by molar-refractivity contribution is 4.99. The topological polar surface area (TPSA) is 141 Å². The van der Waals surface area contributed by atoms with Crippen molar-refractivity contribution >= 4 is 0 Å². The maximum absolute atomic E-state index is 9.76. The van der Waals surface area contributed by atoms with E-state index in [9.17, 15) is 25.5 Å². The highest BCUT2D eigenvalue weighted by Gasteiger charge is 2.48. The van der Waals surface area contributed by atoms with Crippen molar-refractivity contribution in [1.29, 1.82) is 0 Å². The molecule has 2 rings (SSSR count). The van der Waals surface area contributed by atoms with Crippen LogP contribution >= 0.6 is 0 Å². The predicted octanol–water partition coefficient (Wildman–Crippen LogP) is -3.13. The van der Waals surface area contributed by atoms with Crippen molar-refractivity contribution in [3.05, 3.63) is 12.4 Å². The van der Waals surface area contributed by atoms with Crippen molar-refractivity contribution < 1.29 is 31.6 Å². The second-order valence-corrected chi connectivity index (χ2v) is 4.75. The number of ether oxygens (including phenoxy) is 1. The molecule has 0 bridgehead atoms. The van der Waals surface area contributed by atoms with Crippen LogP contribution in [0, 0.1) is 0 Å². The van der Waals surface area contributed by atoms with Gasteiger partial charge in [-0.25, -0.2) is 0 Å². The smallest absolute Gasteiger partial charge is 0.114 e. The van der Waals surface area contributed by atoms with Crippen molar-refractivity contribution in [3.8, 4) is 0 Å². The first-order chi connectivity index (χ1) is 9.91. The molecule has 4 atom stereocenters. The average molecular weight is 290 g/mol. The molecule has 1 heterocycles.